The number of rotatable bonds is 8. The number of carbonyl (C=O) groups excluding carboxylic acids is 1. The molecule has 65 heavy (non-hydrogen) atoms. The van der Waals surface area contributed by atoms with Crippen molar-refractivity contribution < 1.29 is 27.1 Å². The molecule has 7 aromatic rings. The zero-order valence-corrected chi connectivity index (χ0v) is 36.6. The third-order valence-electron chi connectivity index (χ3n) is 12.2. The number of fused-ring (bicyclic) bond motifs is 4. The van der Waals surface area contributed by atoms with E-state index in [9.17, 15) is 28.0 Å². The highest BCUT2D eigenvalue weighted by atomic mass is 19.4. The molecule has 13 nitrogen and oxygen atoms in total. The van der Waals surface area contributed by atoms with Crippen LogP contribution in [0, 0.1) is 36.4 Å². The molecule has 0 radical (unpaired) electrons. The highest BCUT2D eigenvalue weighted by molar-refractivity contribution is 5.93. The van der Waals surface area contributed by atoms with E-state index in [1.165, 1.54) is 35.0 Å². The van der Waals surface area contributed by atoms with Gasteiger partial charge in [-0.05, 0) is 104 Å². The number of amides is 1. The Bertz CT molecular complexity index is 3100. The van der Waals surface area contributed by atoms with Crippen LogP contribution in [-0.2, 0) is 19.5 Å². The second-order valence-electron chi connectivity index (χ2n) is 18.1. The van der Waals surface area contributed by atoms with Crippen LogP contribution in [0.5, 0.6) is 5.75 Å². The van der Waals surface area contributed by atoms with E-state index in [1.807, 2.05) is 22.8 Å². The second-order valence-corrected chi connectivity index (χ2v) is 18.1. The quantitative estimate of drug-likeness (QED) is 0.138. The van der Waals surface area contributed by atoms with Gasteiger partial charge < -0.3 is 19.1 Å². The van der Waals surface area contributed by atoms with Gasteiger partial charge in [-0.3, -0.25) is 13.9 Å². The standard InChI is InChI=1S/C48H46F4N10O3/c1-28-21-34(65-48(50,51)52)11-12-35(28)42-56-29(2)41-44(57-42)62(32-14-18-58(19-15-32)27-47(3,4)5)46(64)61(41)33-10-13-39(55-24-33)45(63)59-20-16-36-37-7-6-17-54-43(37)60(40(36)26-59)25-31-9-8-30(23-53)22-38(31)49/h6-13,17,21-22,24,32H,14-16,18-20,25-27H2,1-5H3. The summed E-state index contributed by atoms with van der Waals surface area (Å²) in [6.07, 6.45) is 0.246. The number of imidazole rings is 1. The first-order valence-electron chi connectivity index (χ1n) is 21.5. The Labute approximate surface area is 371 Å². The van der Waals surface area contributed by atoms with E-state index in [-0.39, 0.29) is 59.0 Å². The zero-order valence-electron chi connectivity index (χ0n) is 36.6. The number of carbonyl (C=O) groups is 1. The van der Waals surface area contributed by atoms with Gasteiger partial charge >= 0.3 is 12.1 Å². The summed E-state index contributed by atoms with van der Waals surface area (Å²) in [5, 5.41) is 10.2. The number of pyridine rings is 2. The summed E-state index contributed by atoms with van der Waals surface area (Å²) in [5.41, 5.74) is 5.73. The third-order valence-corrected chi connectivity index (χ3v) is 12.2. The minimum atomic E-state index is -4.85. The second kappa shape index (κ2) is 16.6. The molecule has 0 atom stereocenters. The number of benzene rings is 2. The predicted octanol–water partition coefficient (Wildman–Crippen LogP) is 8.45. The molecule has 5 aromatic heterocycles. The smallest absolute Gasteiger partial charge is 0.406 e. The number of aryl methyl sites for hydroxylation is 2. The summed E-state index contributed by atoms with van der Waals surface area (Å²) in [4.78, 5) is 52.1. The molecule has 17 heteroatoms. The first-order chi connectivity index (χ1) is 31.0. The number of ether oxygens (including phenoxy) is 1. The van der Waals surface area contributed by atoms with Crippen LogP contribution in [0.3, 0.4) is 0 Å². The lowest BCUT2D eigenvalue weighted by molar-refractivity contribution is -0.274. The summed E-state index contributed by atoms with van der Waals surface area (Å²) in [7, 11) is 0. The first-order valence-corrected chi connectivity index (χ1v) is 21.5. The lowest BCUT2D eigenvalue weighted by atomic mass is 9.94. The topological polar surface area (TPSA) is 140 Å². The molecule has 2 aliphatic heterocycles. The fourth-order valence-corrected chi connectivity index (χ4v) is 9.38. The largest absolute Gasteiger partial charge is 0.573 e. The van der Waals surface area contributed by atoms with Crippen molar-refractivity contribution in [3.05, 3.63) is 129 Å². The molecular formula is C48H46F4N10O3. The molecule has 0 saturated carbocycles. The average molecular weight is 887 g/mol. The molecule has 2 aliphatic rings. The Balaban J connectivity index is 1.05. The number of likely N-dealkylation sites (tertiary alicyclic amines) is 1. The number of piperidine rings is 1. The van der Waals surface area contributed by atoms with E-state index >= 15 is 4.39 Å². The molecule has 334 valence electrons. The summed E-state index contributed by atoms with van der Waals surface area (Å²) >= 11 is 0. The Morgan fingerprint density at radius 2 is 1.74 bits per heavy atom. The Morgan fingerprint density at radius 1 is 0.954 bits per heavy atom. The molecule has 1 saturated heterocycles. The van der Waals surface area contributed by atoms with Crippen LogP contribution in [0.25, 0.3) is 39.3 Å². The maximum absolute atomic E-state index is 15.2. The Morgan fingerprint density at radius 3 is 2.42 bits per heavy atom. The molecule has 2 aromatic carbocycles. The van der Waals surface area contributed by atoms with Gasteiger partial charge in [0.15, 0.2) is 11.5 Å². The Kier molecular flexibility index (Phi) is 11.0. The van der Waals surface area contributed by atoms with Gasteiger partial charge in [0, 0.05) is 60.6 Å². The van der Waals surface area contributed by atoms with Gasteiger partial charge in [-0.15, -0.1) is 13.2 Å². The van der Waals surface area contributed by atoms with E-state index in [0.717, 1.165) is 36.3 Å². The van der Waals surface area contributed by atoms with E-state index < -0.39 is 12.2 Å². The van der Waals surface area contributed by atoms with Crippen LogP contribution in [0.15, 0.2) is 77.9 Å². The van der Waals surface area contributed by atoms with Crippen molar-refractivity contribution in [1.82, 2.24) is 43.4 Å². The minimum Gasteiger partial charge on any atom is -0.406 e. The number of alkyl halides is 3. The molecule has 1 amide bonds. The van der Waals surface area contributed by atoms with E-state index in [0.29, 0.717) is 70.7 Å². The van der Waals surface area contributed by atoms with Gasteiger partial charge in [-0.1, -0.05) is 26.8 Å². The third kappa shape index (κ3) is 8.46. The highest BCUT2D eigenvalue weighted by Crippen LogP contribution is 2.34. The predicted molar refractivity (Wildman–Crippen MR) is 235 cm³/mol. The summed E-state index contributed by atoms with van der Waals surface area (Å²) in [6.45, 7) is 13.2. The van der Waals surface area contributed by atoms with Crippen LogP contribution in [0.1, 0.15) is 83.8 Å². The van der Waals surface area contributed by atoms with Crippen LogP contribution in [-0.4, -0.2) is 81.9 Å². The van der Waals surface area contributed by atoms with Gasteiger partial charge in [-0.2, -0.15) is 5.26 Å². The molecular weight excluding hydrogens is 841 g/mol. The fourth-order valence-electron chi connectivity index (χ4n) is 9.38. The van der Waals surface area contributed by atoms with E-state index in [2.05, 4.69) is 40.4 Å². The number of hydrogen-bond donors (Lipinski definition) is 0. The van der Waals surface area contributed by atoms with Crippen molar-refractivity contribution in [2.75, 3.05) is 26.2 Å². The first kappa shape index (κ1) is 43.3. The van der Waals surface area contributed by atoms with Gasteiger partial charge in [0.1, 0.15) is 28.4 Å². The number of nitriles is 1. The molecule has 1 fully saturated rings. The van der Waals surface area contributed by atoms with E-state index in [1.54, 1.807) is 53.8 Å². The van der Waals surface area contributed by atoms with Crippen molar-refractivity contribution >= 4 is 28.1 Å². The number of aromatic nitrogens is 7. The summed E-state index contributed by atoms with van der Waals surface area (Å²) in [5.74, 6) is -0.932. The van der Waals surface area contributed by atoms with Crippen LogP contribution in [0.2, 0.25) is 0 Å². The molecule has 0 unspecified atom stereocenters. The van der Waals surface area contributed by atoms with Crippen molar-refractivity contribution in [2.45, 2.75) is 79.4 Å². The molecule has 0 bridgehead atoms. The maximum atomic E-state index is 15.2. The zero-order chi connectivity index (χ0) is 45.9. The number of nitrogens with zero attached hydrogens (tertiary/aromatic N) is 10. The van der Waals surface area contributed by atoms with Crippen molar-refractivity contribution in [3.8, 4) is 28.9 Å². The number of hydrogen-bond acceptors (Lipinski definition) is 9. The molecule has 7 heterocycles. The van der Waals surface area contributed by atoms with Gasteiger partial charge in [0.2, 0.25) is 0 Å². The molecule has 9 rings (SSSR count). The lowest BCUT2D eigenvalue weighted by Crippen LogP contribution is -2.41. The lowest BCUT2D eigenvalue weighted by Gasteiger charge is -2.36. The summed E-state index contributed by atoms with van der Waals surface area (Å²) < 4.78 is 63.6. The van der Waals surface area contributed by atoms with E-state index in [4.69, 9.17) is 9.97 Å². The van der Waals surface area contributed by atoms with Gasteiger partial charge in [0.25, 0.3) is 5.91 Å². The molecule has 0 N–H and O–H groups in total. The van der Waals surface area contributed by atoms with Gasteiger partial charge in [-0.25, -0.2) is 29.1 Å². The van der Waals surface area contributed by atoms with Crippen LogP contribution >= 0.6 is 0 Å². The van der Waals surface area contributed by atoms with Crippen LogP contribution in [0.4, 0.5) is 17.6 Å². The minimum absolute atomic E-state index is 0.0975. The number of halogens is 4. The van der Waals surface area contributed by atoms with Crippen molar-refractivity contribution in [3.63, 3.8) is 0 Å². The van der Waals surface area contributed by atoms with Crippen molar-refractivity contribution in [2.24, 2.45) is 5.41 Å². The summed E-state index contributed by atoms with van der Waals surface area (Å²) in [6, 6.07) is 17.2. The van der Waals surface area contributed by atoms with Crippen LogP contribution < -0.4 is 10.4 Å². The maximum Gasteiger partial charge on any atom is 0.573 e. The highest BCUT2D eigenvalue weighted by Gasteiger charge is 2.33. The Hall–Kier alpha value is -6.93. The van der Waals surface area contributed by atoms with Crippen molar-refractivity contribution in [1.29, 1.82) is 5.26 Å². The molecule has 0 aliphatic carbocycles. The normalized spacial score (nSPS) is 15.1. The monoisotopic (exact) mass is 886 g/mol. The average Bonchev–Trinajstić information content (AvgIpc) is 3.74. The molecule has 0 spiro atoms. The van der Waals surface area contributed by atoms with Gasteiger partial charge in [0.05, 0.1) is 42.3 Å². The fraction of sp³-hybridized carbons (Fsp3) is 0.354. The SMILES string of the molecule is Cc1cc(OC(F)(F)F)ccc1-c1nc(C)c2c(n1)n(C1CCN(CC(C)(C)C)CC1)c(=O)n2-c1ccc(C(=O)N2CCc3c(n(Cc4ccc(C#N)cc4F)c4ncccc34)C2)nc1.